The van der Waals surface area contributed by atoms with Gasteiger partial charge in [0.2, 0.25) is 0 Å². The number of carbonyl (C=O) groups is 1. The van der Waals surface area contributed by atoms with Crippen LogP contribution in [0.3, 0.4) is 0 Å². The summed E-state index contributed by atoms with van der Waals surface area (Å²) in [6.07, 6.45) is 0. The van der Waals surface area contributed by atoms with Crippen molar-refractivity contribution >= 4 is 33.6 Å². The second-order valence-electron chi connectivity index (χ2n) is 7.59. The van der Waals surface area contributed by atoms with Crippen molar-refractivity contribution in [1.82, 2.24) is 4.90 Å². The first kappa shape index (κ1) is 22.8. The smallest absolute Gasteiger partial charge is 0.266 e. The largest absolute Gasteiger partial charge is 0.493 e. The van der Waals surface area contributed by atoms with Crippen LogP contribution in [0.25, 0.3) is 0 Å². The molecule has 3 aromatic rings. The van der Waals surface area contributed by atoms with Gasteiger partial charge in [0, 0.05) is 29.1 Å². The number of aryl methyl sites for hydroxylation is 1. The molecule has 1 aliphatic rings. The predicted octanol–water partition coefficient (Wildman–Crippen LogP) is 5.12. The van der Waals surface area contributed by atoms with Gasteiger partial charge in [-0.2, -0.15) is 0 Å². The van der Waals surface area contributed by atoms with Crippen molar-refractivity contribution in [2.75, 3.05) is 45.8 Å². The molecule has 6 nitrogen and oxygen atoms in total. The maximum absolute atomic E-state index is 12.9. The van der Waals surface area contributed by atoms with E-state index < -0.39 is 0 Å². The lowest BCUT2D eigenvalue weighted by Crippen LogP contribution is -2.40. The van der Waals surface area contributed by atoms with Crippen LogP contribution in [0.15, 0.2) is 35.7 Å². The lowest BCUT2D eigenvalue weighted by Gasteiger charge is -2.36. The Morgan fingerprint density at radius 1 is 1.12 bits per heavy atom. The first-order valence-corrected chi connectivity index (χ1v) is 12.2. The van der Waals surface area contributed by atoms with Gasteiger partial charge in [-0.3, -0.25) is 9.69 Å². The number of hydrogen-bond donors (Lipinski definition) is 1. The molecule has 1 fully saturated rings. The van der Waals surface area contributed by atoms with E-state index in [0.29, 0.717) is 29.6 Å². The van der Waals surface area contributed by atoms with E-state index in [2.05, 4.69) is 30.1 Å². The molecule has 1 aromatic carbocycles. The minimum atomic E-state index is -0.104. The van der Waals surface area contributed by atoms with Crippen molar-refractivity contribution in [2.45, 2.75) is 19.9 Å². The van der Waals surface area contributed by atoms with Gasteiger partial charge in [-0.1, -0.05) is 18.2 Å². The summed E-state index contributed by atoms with van der Waals surface area (Å²) in [5.41, 5.74) is 3.30. The summed E-state index contributed by atoms with van der Waals surface area (Å²) in [5.74, 6) is 1.32. The van der Waals surface area contributed by atoms with Gasteiger partial charge in [0.05, 0.1) is 38.4 Å². The van der Waals surface area contributed by atoms with E-state index in [1.54, 1.807) is 25.6 Å². The fourth-order valence-corrected chi connectivity index (χ4v) is 5.84. The molecular formula is C24H28N2O4S2. The Morgan fingerprint density at radius 2 is 1.91 bits per heavy atom. The highest BCUT2D eigenvalue weighted by atomic mass is 32.1. The molecule has 32 heavy (non-hydrogen) atoms. The Kier molecular flexibility index (Phi) is 7.15. The van der Waals surface area contributed by atoms with Crippen molar-refractivity contribution in [2.24, 2.45) is 0 Å². The average molecular weight is 473 g/mol. The summed E-state index contributed by atoms with van der Waals surface area (Å²) in [5, 5.41) is 5.98. The molecule has 1 saturated heterocycles. The monoisotopic (exact) mass is 472 g/mol. The molecule has 4 rings (SSSR count). The van der Waals surface area contributed by atoms with Gasteiger partial charge >= 0.3 is 0 Å². The summed E-state index contributed by atoms with van der Waals surface area (Å²) in [4.78, 5) is 17.2. The highest BCUT2D eigenvalue weighted by Gasteiger charge is 2.33. The van der Waals surface area contributed by atoms with Crippen molar-refractivity contribution in [1.29, 1.82) is 0 Å². The molecule has 3 heterocycles. The summed E-state index contributed by atoms with van der Waals surface area (Å²) in [6, 6.07) is 9.61. The summed E-state index contributed by atoms with van der Waals surface area (Å²) < 4.78 is 17.1. The number of para-hydroxylation sites is 1. The fourth-order valence-electron chi connectivity index (χ4n) is 4.14. The minimum Gasteiger partial charge on any atom is -0.493 e. The number of rotatable bonds is 7. The van der Waals surface area contributed by atoms with Crippen molar-refractivity contribution in [3.8, 4) is 11.5 Å². The van der Waals surface area contributed by atoms with Crippen LogP contribution in [-0.4, -0.2) is 51.3 Å². The number of hydrogen-bond acceptors (Lipinski definition) is 7. The van der Waals surface area contributed by atoms with E-state index >= 15 is 0 Å². The molecular weight excluding hydrogens is 444 g/mol. The number of nitrogens with one attached hydrogen (secondary N) is 1. The van der Waals surface area contributed by atoms with E-state index in [0.717, 1.165) is 29.2 Å². The highest BCUT2D eigenvalue weighted by Crippen LogP contribution is 2.46. The van der Waals surface area contributed by atoms with Crippen LogP contribution >= 0.6 is 22.7 Å². The van der Waals surface area contributed by atoms with Crippen LogP contribution in [0.4, 0.5) is 5.00 Å². The third kappa shape index (κ3) is 4.41. The molecule has 0 aliphatic carbocycles. The molecule has 8 heteroatoms. The number of thiophene rings is 2. The molecule has 170 valence electrons. The van der Waals surface area contributed by atoms with Crippen LogP contribution in [-0.2, 0) is 4.74 Å². The quantitative estimate of drug-likeness (QED) is 0.517. The maximum Gasteiger partial charge on any atom is 0.266 e. The molecule has 1 atom stereocenters. The van der Waals surface area contributed by atoms with Crippen molar-refractivity contribution < 1.29 is 19.0 Å². The van der Waals surface area contributed by atoms with Crippen LogP contribution in [0.2, 0.25) is 0 Å². The van der Waals surface area contributed by atoms with Crippen LogP contribution < -0.4 is 14.8 Å². The average Bonchev–Trinajstić information content (AvgIpc) is 3.45. The third-order valence-electron chi connectivity index (χ3n) is 5.82. The Morgan fingerprint density at radius 3 is 2.56 bits per heavy atom. The first-order valence-electron chi connectivity index (χ1n) is 10.5. The van der Waals surface area contributed by atoms with Crippen LogP contribution in [0.1, 0.15) is 37.3 Å². The number of carbonyl (C=O) groups excluding carboxylic acids is 1. The standard InChI is InChI=1S/C24H28N2O4S2/c1-15-16(2)32-24(25-23(27)19-9-6-14-31-19)20(15)21(26-10-12-30-13-11-26)17-7-5-8-18(28-3)22(17)29-4/h5-9,14,21H,10-13H2,1-4H3,(H,25,27). The van der Waals surface area contributed by atoms with E-state index in [1.807, 2.05) is 29.6 Å². The Labute approximate surface area is 196 Å². The molecule has 1 unspecified atom stereocenters. The Bertz CT molecular complexity index is 1070. The molecule has 0 bridgehead atoms. The number of nitrogens with zero attached hydrogens (tertiary/aromatic N) is 1. The van der Waals surface area contributed by atoms with Gasteiger partial charge in [0.15, 0.2) is 11.5 Å². The summed E-state index contributed by atoms with van der Waals surface area (Å²) in [6.45, 7) is 7.14. The van der Waals surface area contributed by atoms with E-state index in [9.17, 15) is 4.79 Å². The highest BCUT2D eigenvalue weighted by molar-refractivity contribution is 7.17. The van der Waals surface area contributed by atoms with Crippen molar-refractivity contribution in [3.63, 3.8) is 0 Å². The van der Waals surface area contributed by atoms with Gasteiger partial charge < -0.3 is 19.5 Å². The number of ether oxygens (including phenoxy) is 3. The molecule has 0 spiro atoms. The molecule has 1 amide bonds. The number of benzene rings is 1. The zero-order valence-electron chi connectivity index (χ0n) is 18.8. The topological polar surface area (TPSA) is 60.0 Å². The summed E-state index contributed by atoms with van der Waals surface area (Å²) in [7, 11) is 3.32. The van der Waals surface area contributed by atoms with E-state index in [-0.39, 0.29) is 11.9 Å². The minimum absolute atomic E-state index is 0.0826. The van der Waals surface area contributed by atoms with Gasteiger partial charge in [0.1, 0.15) is 5.00 Å². The normalized spacial score (nSPS) is 15.4. The summed E-state index contributed by atoms with van der Waals surface area (Å²) >= 11 is 3.06. The third-order valence-corrected chi connectivity index (χ3v) is 7.82. The van der Waals surface area contributed by atoms with Crippen LogP contribution in [0.5, 0.6) is 11.5 Å². The fraction of sp³-hybridized carbons (Fsp3) is 0.375. The zero-order valence-corrected chi connectivity index (χ0v) is 20.4. The molecule has 2 aromatic heterocycles. The first-order chi connectivity index (χ1) is 15.5. The Balaban J connectivity index is 1.85. The van der Waals surface area contributed by atoms with Gasteiger partial charge in [-0.05, 0) is 36.9 Å². The van der Waals surface area contributed by atoms with Gasteiger partial charge in [-0.25, -0.2) is 0 Å². The second kappa shape index (κ2) is 10.0. The maximum atomic E-state index is 12.9. The van der Waals surface area contributed by atoms with E-state index in [4.69, 9.17) is 14.2 Å². The predicted molar refractivity (Wildman–Crippen MR) is 130 cm³/mol. The number of morpholine rings is 1. The molecule has 0 radical (unpaired) electrons. The number of methoxy groups -OCH3 is 2. The molecule has 0 saturated carbocycles. The van der Waals surface area contributed by atoms with E-state index in [1.165, 1.54) is 21.8 Å². The van der Waals surface area contributed by atoms with Crippen LogP contribution in [0, 0.1) is 13.8 Å². The van der Waals surface area contributed by atoms with Gasteiger partial charge in [-0.15, -0.1) is 22.7 Å². The zero-order chi connectivity index (χ0) is 22.7. The molecule has 1 N–H and O–H groups in total. The number of anilines is 1. The van der Waals surface area contributed by atoms with Gasteiger partial charge in [0.25, 0.3) is 5.91 Å². The lowest BCUT2D eigenvalue weighted by molar-refractivity contribution is 0.0235. The number of amides is 1. The SMILES string of the molecule is COc1cccc(C(c2c(NC(=O)c3cccs3)sc(C)c2C)N2CCOCC2)c1OC. The lowest BCUT2D eigenvalue weighted by atomic mass is 9.93. The van der Waals surface area contributed by atoms with Crippen molar-refractivity contribution in [3.05, 3.63) is 62.2 Å². The molecule has 1 aliphatic heterocycles. The Hall–Kier alpha value is -2.39. The second-order valence-corrected chi connectivity index (χ2v) is 9.76.